The van der Waals surface area contributed by atoms with Crippen LogP contribution in [0.4, 0.5) is 0 Å². The molecule has 0 amide bonds. The van der Waals surface area contributed by atoms with Gasteiger partial charge in [0.2, 0.25) is 5.28 Å². The Labute approximate surface area is 104 Å². The lowest BCUT2D eigenvalue weighted by molar-refractivity contribution is 0.00642. The summed E-state index contributed by atoms with van der Waals surface area (Å²) in [6.45, 7) is 5.42. The van der Waals surface area contributed by atoms with Crippen molar-refractivity contribution in [3.63, 3.8) is 0 Å². The van der Waals surface area contributed by atoms with Gasteiger partial charge in [0, 0.05) is 6.20 Å². The molecule has 0 N–H and O–H groups in total. The van der Waals surface area contributed by atoms with Crippen molar-refractivity contribution in [1.29, 1.82) is 0 Å². The summed E-state index contributed by atoms with van der Waals surface area (Å²) >= 11 is 6.97. The average molecular weight is 261 g/mol. The first-order valence-corrected chi connectivity index (χ1v) is 6.23. The van der Waals surface area contributed by atoms with Crippen molar-refractivity contribution >= 4 is 29.3 Å². The number of hydrogen-bond acceptors (Lipinski definition) is 5. The van der Waals surface area contributed by atoms with Crippen LogP contribution in [0.2, 0.25) is 5.28 Å². The van der Waals surface area contributed by atoms with E-state index in [9.17, 15) is 4.79 Å². The molecule has 6 heteroatoms. The molecule has 0 radical (unpaired) electrons. The Kier molecular flexibility index (Phi) is 4.15. The van der Waals surface area contributed by atoms with Gasteiger partial charge in [0.05, 0.1) is 0 Å². The number of aromatic nitrogens is 2. The Morgan fingerprint density at radius 3 is 2.62 bits per heavy atom. The number of carbonyl (C=O) groups is 1. The highest BCUT2D eigenvalue weighted by atomic mass is 35.5. The standard InChI is InChI=1S/C10H13ClN2O2S/c1-10(2,3)15-8(14)6-5-12-9(11)13-7(6)16-4/h5H,1-4H3. The molecule has 0 aromatic carbocycles. The average Bonchev–Trinajstić information content (AvgIpc) is 2.14. The van der Waals surface area contributed by atoms with Gasteiger partial charge in [0.25, 0.3) is 0 Å². The molecule has 1 aromatic rings. The third-order valence-electron chi connectivity index (χ3n) is 1.54. The highest BCUT2D eigenvalue weighted by Gasteiger charge is 2.21. The largest absolute Gasteiger partial charge is 0.456 e. The molecule has 0 fully saturated rings. The van der Waals surface area contributed by atoms with E-state index >= 15 is 0 Å². The Bertz CT molecular complexity index is 404. The summed E-state index contributed by atoms with van der Waals surface area (Å²) in [6, 6.07) is 0. The molecular formula is C10H13ClN2O2S. The number of esters is 1. The molecule has 1 rings (SSSR count). The van der Waals surface area contributed by atoms with Gasteiger partial charge >= 0.3 is 5.97 Å². The van der Waals surface area contributed by atoms with Crippen molar-refractivity contribution < 1.29 is 9.53 Å². The van der Waals surface area contributed by atoms with Crippen LogP contribution in [-0.4, -0.2) is 27.8 Å². The number of thioether (sulfide) groups is 1. The summed E-state index contributed by atoms with van der Waals surface area (Å²) in [6.07, 6.45) is 3.20. The van der Waals surface area contributed by atoms with Crippen molar-refractivity contribution in [1.82, 2.24) is 9.97 Å². The number of rotatable bonds is 2. The van der Waals surface area contributed by atoms with Crippen LogP contribution in [0.5, 0.6) is 0 Å². The van der Waals surface area contributed by atoms with Crippen molar-refractivity contribution in [2.75, 3.05) is 6.26 Å². The normalized spacial score (nSPS) is 11.3. The van der Waals surface area contributed by atoms with Crippen LogP contribution in [-0.2, 0) is 4.74 Å². The fourth-order valence-electron chi connectivity index (χ4n) is 0.975. The number of nitrogens with zero attached hydrogens (tertiary/aromatic N) is 2. The zero-order valence-electron chi connectivity index (χ0n) is 9.57. The molecule has 0 saturated carbocycles. The summed E-state index contributed by atoms with van der Waals surface area (Å²) in [7, 11) is 0. The van der Waals surface area contributed by atoms with E-state index in [-0.39, 0.29) is 5.28 Å². The zero-order valence-corrected chi connectivity index (χ0v) is 11.1. The van der Waals surface area contributed by atoms with Crippen molar-refractivity contribution in [2.24, 2.45) is 0 Å². The van der Waals surface area contributed by atoms with Crippen LogP contribution in [0.25, 0.3) is 0 Å². The lowest BCUT2D eigenvalue weighted by Crippen LogP contribution is -2.24. The minimum Gasteiger partial charge on any atom is -0.456 e. The predicted octanol–water partition coefficient (Wildman–Crippen LogP) is 2.81. The van der Waals surface area contributed by atoms with Crippen LogP contribution < -0.4 is 0 Å². The lowest BCUT2D eigenvalue weighted by Gasteiger charge is -2.19. The molecule has 16 heavy (non-hydrogen) atoms. The van der Waals surface area contributed by atoms with Crippen LogP contribution in [0.3, 0.4) is 0 Å². The van der Waals surface area contributed by atoms with Crippen molar-refractivity contribution in [3.05, 3.63) is 17.0 Å². The summed E-state index contributed by atoms with van der Waals surface area (Å²) in [5.41, 5.74) is -0.196. The van der Waals surface area contributed by atoms with Crippen LogP contribution >= 0.6 is 23.4 Å². The second-order valence-electron chi connectivity index (χ2n) is 4.06. The molecule has 0 bridgehead atoms. The number of ether oxygens (including phenoxy) is 1. The van der Waals surface area contributed by atoms with Gasteiger partial charge in [-0.1, -0.05) is 0 Å². The van der Waals surface area contributed by atoms with Gasteiger partial charge in [0.15, 0.2) is 0 Å². The fourth-order valence-corrected chi connectivity index (χ4v) is 1.69. The number of hydrogen-bond donors (Lipinski definition) is 0. The highest BCUT2D eigenvalue weighted by Crippen LogP contribution is 2.21. The molecule has 1 heterocycles. The molecular weight excluding hydrogens is 248 g/mol. The molecule has 0 aliphatic carbocycles. The van der Waals surface area contributed by atoms with E-state index in [1.807, 2.05) is 6.26 Å². The summed E-state index contributed by atoms with van der Waals surface area (Å²) in [4.78, 5) is 19.5. The molecule has 88 valence electrons. The second kappa shape index (κ2) is 5.01. The van der Waals surface area contributed by atoms with Gasteiger partial charge in [-0.2, -0.15) is 0 Å². The van der Waals surface area contributed by atoms with E-state index in [0.29, 0.717) is 10.6 Å². The van der Waals surface area contributed by atoms with Crippen LogP contribution in [0, 0.1) is 0 Å². The third kappa shape index (κ3) is 3.64. The minimum absolute atomic E-state index is 0.122. The quantitative estimate of drug-likeness (QED) is 0.354. The summed E-state index contributed by atoms with van der Waals surface area (Å²) < 4.78 is 5.23. The molecule has 1 aromatic heterocycles. The Hall–Kier alpha value is -0.810. The number of halogens is 1. The Morgan fingerprint density at radius 2 is 2.12 bits per heavy atom. The van der Waals surface area contributed by atoms with Gasteiger partial charge < -0.3 is 4.74 Å². The topological polar surface area (TPSA) is 52.1 Å². The van der Waals surface area contributed by atoms with Crippen LogP contribution in [0.1, 0.15) is 31.1 Å². The fraction of sp³-hybridized carbons (Fsp3) is 0.500. The highest BCUT2D eigenvalue weighted by molar-refractivity contribution is 7.98. The zero-order chi connectivity index (χ0) is 12.3. The van der Waals surface area contributed by atoms with E-state index in [4.69, 9.17) is 16.3 Å². The maximum absolute atomic E-state index is 11.8. The number of carbonyl (C=O) groups excluding carboxylic acids is 1. The van der Waals surface area contributed by atoms with Gasteiger partial charge in [-0.15, -0.1) is 11.8 Å². The molecule has 0 spiro atoms. The first-order chi connectivity index (χ1) is 7.33. The molecule has 0 atom stereocenters. The maximum atomic E-state index is 11.8. The molecule has 0 saturated heterocycles. The Morgan fingerprint density at radius 1 is 1.50 bits per heavy atom. The second-order valence-corrected chi connectivity index (χ2v) is 5.20. The summed E-state index contributed by atoms with van der Waals surface area (Å²) in [5, 5.41) is 0.644. The smallest absolute Gasteiger partial charge is 0.343 e. The van der Waals surface area contributed by atoms with E-state index in [1.54, 1.807) is 20.8 Å². The summed E-state index contributed by atoms with van der Waals surface area (Å²) in [5.74, 6) is -0.437. The monoisotopic (exact) mass is 260 g/mol. The van der Waals surface area contributed by atoms with Gasteiger partial charge in [-0.05, 0) is 38.6 Å². The minimum atomic E-state index is -0.535. The molecule has 0 aliphatic rings. The first-order valence-electron chi connectivity index (χ1n) is 4.63. The lowest BCUT2D eigenvalue weighted by atomic mass is 10.2. The Balaban J connectivity index is 2.99. The third-order valence-corrected chi connectivity index (χ3v) is 2.42. The van der Waals surface area contributed by atoms with Crippen molar-refractivity contribution in [3.8, 4) is 0 Å². The first kappa shape index (κ1) is 13.3. The van der Waals surface area contributed by atoms with E-state index in [0.717, 1.165) is 0 Å². The van der Waals surface area contributed by atoms with E-state index in [2.05, 4.69) is 9.97 Å². The van der Waals surface area contributed by atoms with E-state index < -0.39 is 11.6 Å². The van der Waals surface area contributed by atoms with E-state index in [1.165, 1.54) is 18.0 Å². The van der Waals surface area contributed by atoms with Gasteiger partial charge in [-0.25, -0.2) is 14.8 Å². The van der Waals surface area contributed by atoms with Crippen molar-refractivity contribution in [2.45, 2.75) is 31.4 Å². The molecule has 4 nitrogen and oxygen atoms in total. The SMILES string of the molecule is CSc1nc(Cl)ncc1C(=O)OC(C)(C)C. The molecule has 0 aliphatic heterocycles. The maximum Gasteiger partial charge on any atom is 0.343 e. The van der Waals surface area contributed by atoms with Gasteiger partial charge in [0.1, 0.15) is 16.2 Å². The molecule has 0 unspecified atom stereocenters. The van der Waals surface area contributed by atoms with Crippen LogP contribution in [0.15, 0.2) is 11.2 Å². The van der Waals surface area contributed by atoms with Gasteiger partial charge in [-0.3, -0.25) is 0 Å². The predicted molar refractivity (Wildman–Crippen MR) is 64.0 cm³/mol.